The molecule has 1 spiro atoms. The molecule has 5 rings (SSSR count). The van der Waals surface area contributed by atoms with Crippen molar-refractivity contribution < 1.29 is 32.3 Å². The van der Waals surface area contributed by atoms with Gasteiger partial charge < -0.3 is 14.6 Å². The number of thiophene rings is 1. The molecule has 0 radical (unpaired) electrons. The Bertz CT molecular complexity index is 1240. The van der Waals surface area contributed by atoms with Crippen molar-refractivity contribution in [1.29, 1.82) is 0 Å². The van der Waals surface area contributed by atoms with E-state index in [2.05, 4.69) is 26.7 Å². The molecule has 2 aliphatic rings. The van der Waals surface area contributed by atoms with E-state index in [-0.39, 0.29) is 17.3 Å². The minimum atomic E-state index is -5.08. The number of benzene rings is 1. The SMILES string of the molecule is CN1Cc2nnc(-c3ccc(F)cc3)n2C2(CCN(C(=O)Cc3ccsc3)CC2)C1.O=C(O)C(F)(F)F. The number of alkyl halides is 3. The molecule has 0 aliphatic carbocycles. The third kappa shape index (κ3) is 5.99. The first-order chi connectivity index (χ1) is 17.5. The molecule has 0 bridgehead atoms. The maximum absolute atomic E-state index is 13.4. The van der Waals surface area contributed by atoms with Crippen LogP contribution in [0, 0.1) is 5.82 Å². The summed E-state index contributed by atoms with van der Waals surface area (Å²) < 4.78 is 47.4. The average molecular weight is 540 g/mol. The predicted molar refractivity (Wildman–Crippen MR) is 127 cm³/mol. The van der Waals surface area contributed by atoms with Crippen molar-refractivity contribution >= 4 is 23.2 Å². The summed E-state index contributed by atoms with van der Waals surface area (Å²) in [6.45, 7) is 3.06. The van der Waals surface area contributed by atoms with Crippen molar-refractivity contribution in [3.05, 3.63) is 58.3 Å². The van der Waals surface area contributed by atoms with Gasteiger partial charge in [0.25, 0.3) is 0 Å². The maximum atomic E-state index is 13.4. The Morgan fingerprint density at radius 2 is 1.76 bits per heavy atom. The molecule has 0 atom stereocenters. The number of likely N-dealkylation sites (N-methyl/N-ethyl adjacent to an activating group) is 1. The molecule has 1 N–H and O–H groups in total. The zero-order valence-corrected chi connectivity index (χ0v) is 20.7. The number of carbonyl (C=O) groups excluding carboxylic acids is 1. The molecule has 37 heavy (non-hydrogen) atoms. The van der Waals surface area contributed by atoms with E-state index in [1.165, 1.54) is 12.1 Å². The summed E-state index contributed by atoms with van der Waals surface area (Å²) >= 11 is 1.62. The Morgan fingerprint density at radius 1 is 1.11 bits per heavy atom. The van der Waals surface area contributed by atoms with Gasteiger partial charge in [-0.15, -0.1) is 10.2 Å². The number of nitrogens with zero attached hydrogens (tertiary/aromatic N) is 5. The summed E-state index contributed by atoms with van der Waals surface area (Å²) in [5.41, 5.74) is 1.80. The van der Waals surface area contributed by atoms with Gasteiger partial charge >= 0.3 is 12.1 Å². The number of hydrogen-bond donors (Lipinski definition) is 1. The molecule has 1 fully saturated rings. The van der Waals surface area contributed by atoms with E-state index in [1.807, 2.05) is 21.7 Å². The summed E-state index contributed by atoms with van der Waals surface area (Å²) in [5.74, 6) is -1.11. The topological polar surface area (TPSA) is 91.6 Å². The molecule has 8 nitrogen and oxygen atoms in total. The number of amides is 1. The third-order valence-electron chi connectivity index (χ3n) is 6.51. The molecule has 1 amide bonds. The Balaban J connectivity index is 0.000000405. The first kappa shape index (κ1) is 26.7. The zero-order chi connectivity index (χ0) is 26.8. The molecule has 3 aromatic rings. The number of carboxylic acid groups (broad SMARTS) is 1. The smallest absolute Gasteiger partial charge is 0.475 e. The highest BCUT2D eigenvalue weighted by molar-refractivity contribution is 7.08. The van der Waals surface area contributed by atoms with Crippen molar-refractivity contribution in [2.24, 2.45) is 0 Å². The molecular weight excluding hydrogens is 514 g/mol. The first-order valence-corrected chi connectivity index (χ1v) is 12.4. The van der Waals surface area contributed by atoms with Crippen LogP contribution in [0.1, 0.15) is 24.2 Å². The van der Waals surface area contributed by atoms with Gasteiger partial charge in [-0.3, -0.25) is 9.69 Å². The van der Waals surface area contributed by atoms with Gasteiger partial charge in [0, 0.05) is 25.2 Å². The van der Waals surface area contributed by atoms with Crippen LogP contribution in [-0.4, -0.2) is 74.4 Å². The molecule has 2 aliphatic heterocycles. The number of halogens is 4. The Hall–Kier alpha value is -3.32. The van der Waals surface area contributed by atoms with Crippen LogP contribution in [-0.2, 0) is 28.1 Å². The van der Waals surface area contributed by atoms with E-state index in [4.69, 9.17) is 9.90 Å². The average Bonchev–Trinajstić information content (AvgIpc) is 3.50. The van der Waals surface area contributed by atoms with Gasteiger partial charge in [0.05, 0.1) is 18.5 Å². The van der Waals surface area contributed by atoms with Crippen molar-refractivity contribution in [2.45, 2.75) is 37.5 Å². The highest BCUT2D eigenvalue weighted by Gasteiger charge is 2.44. The molecule has 0 unspecified atom stereocenters. The fraction of sp³-hybridized carbons (Fsp3) is 0.417. The molecule has 1 saturated heterocycles. The van der Waals surface area contributed by atoms with E-state index in [0.717, 1.165) is 61.8 Å². The van der Waals surface area contributed by atoms with E-state index in [1.54, 1.807) is 23.5 Å². The predicted octanol–water partition coefficient (Wildman–Crippen LogP) is 3.78. The van der Waals surface area contributed by atoms with Crippen LogP contribution in [0.2, 0.25) is 0 Å². The van der Waals surface area contributed by atoms with Gasteiger partial charge in [-0.05, 0) is 66.5 Å². The number of hydrogen-bond acceptors (Lipinski definition) is 6. The lowest BCUT2D eigenvalue weighted by Gasteiger charge is -2.48. The Kier molecular flexibility index (Phi) is 7.64. The number of rotatable bonds is 3. The summed E-state index contributed by atoms with van der Waals surface area (Å²) in [6, 6.07) is 8.47. The number of carbonyl (C=O) groups is 2. The second-order valence-corrected chi connectivity index (χ2v) is 9.95. The zero-order valence-electron chi connectivity index (χ0n) is 19.9. The summed E-state index contributed by atoms with van der Waals surface area (Å²) in [5, 5.41) is 20.1. The standard InChI is InChI=1S/C22H24FN5OS.C2HF3O2/c1-26-13-19-24-25-21(17-2-4-18(23)5-3-17)28(19)22(15-26)7-9-27(10-8-22)20(29)12-16-6-11-30-14-16;3-2(4,5)1(6)7/h2-6,11,14H,7-10,12-13,15H2,1H3;(H,6,7). The second kappa shape index (κ2) is 10.6. The number of aliphatic carboxylic acids is 1. The normalized spacial score (nSPS) is 17.2. The molecular formula is C24H25F4N5O3S. The Labute approximate surface area is 214 Å². The van der Waals surface area contributed by atoms with E-state index in [0.29, 0.717) is 6.42 Å². The lowest BCUT2D eigenvalue weighted by Crippen LogP contribution is -2.56. The van der Waals surface area contributed by atoms with Gasteiger partial charge in [-0.2, -0.15) is 24.5 Å². The van der Waals surface area contributed by atoms with Crippen LogP contribution in [0.4, 0.5) is 17.6 Å². The van der Waals surface area contributed by atoms with E-state index in [9.17, 15) is 22.4 Å². The summed E-state index contributed by atoms with van der Waals surface area (Å²) in [4.78, 5) is 25.9. The van der Waals surface area contributed by atoms with Gasteiger partial charge in [-0.25, -0.2) is 9.18 Å². The van der Waals surface area contributed by atoms with E-state index < -0.39 is 12.1 Å². The van der Waals surface area contributed by atoms with Gasteiger partial charge in [0.15, 0.2) is 5.82 Å². The molecule has 0 saturated carbocycles. The van der Waals surface area contributed by atoms with Crippen LogP contribution in [0.15, 0.2) is 41.1 Å². The molecule has 4 heterocycles. The monoisotopic (exact) mass is 539 g/mol. The number of piperidine rings is 1. The van der Waals surface area contributed by atoms with Gasteiger partial charge in [0.2, 0.25) is 5.91 Å². The van der Waals surface area contributed by atoms with E-state index >= 15 is 0 Å². The van der Waals surface area contributed by atoms with Crippen LogP contribution in [0.25, 0.3) is 11.4 Å². The third-order valence-corrected chi connectivity index (χ3v) is 7.24. The van der Waals surface area contributed by atoms with Gasteiger partial charge in [-0.1, -0.05) is 0 Å². The molecule has 13 heteroatoms. The highest BCUT2D eigenvalue weighted by atomic mass is 32.1. The molecule has 198 valence electrons. The highest BCUT2D eigenvalue weighted by Crippen LogP contribution is 2.39. The number of carboxylic acids is 1. The van der Waals surface area contributed by atoms with Crippen LogP contribution in [0.5, 0.6) is 0 Å². The fourth-order valence-electron chi connectivity index (χ4n) is 4.81. The fourth-order valence-corrected chi connectivity index (χ4v) is 5.48. The maximum Gasteiger partial charge on any atom is 0.490 e. The molecule has 1 aromatic carbocycles. The number of fused-ring (bicyclic) bond motifs is 2. The van der Waals surface area contributed by atoms with Gasteiger partial charge in [0.1, 0.15) is 11.6 Å². The van der Waals surface area contributed by atoms with Crippen LogP contribution in [0.3, 0.4) is 0 Å². The van der Waals surface area contributed by atoms with Crippen molar-refractivity contribution in [2.75, 3.05) is 26.7 Å². The van der Waals surface area contributed by atoms with Crippen molar-refractivity contribution in [3.8, 4) is 11.4 Å². The quantitative estimate of drug-likeness (QED) is 0.510. The van der Waals surface area contributed by atoms with Crippen LogP contribution >= 0.6 is 11.3 Å². The van der Waals surface area contributed by atoms with Crippen LogP contribution < -0.4 is 0 Å². The minimum absolute atomic E-state index is 0.158. The lowest BCUT2D eigenvalue weighted by atomic mass is 9.84. The first-order valence-electron chi connectivity index (χ1n) is 11.5. The summed E-state index contributed by atoms with van der Waals surface area (Å²) in [6.07, 6.45) is -2.91. The second-order valence-electron chi connectivity index (χ2n) is 9.17. The largest absolute Gasteiger partial charge is 0.490 e. The number of likely N-dealkylation sites (tertiary alicyclic amines) is 1. The Morgan fingerprint density at radius 3 is 2.32 bits per heavy atom. The van der Waals surface area contributed by atoms with Crippen molar-refractivity contribution in [1.82, 2.24) is 24.6 Å². The lowest BCUT2D eigenvalue weighted by molar-refractivity contribution is -0.192. The molecule has 2 aromatic heterocycles. The number of aromatic nitrogens is 3. The summed E-state index contributed by atoms with van der Waals surface area (Å²) in [7, 11) is 2.10. The minimum Gasteiger partial charge on any atom is -0.475 e. The van der Waals surface area contributed by atoms with Crippen molar-refractivity contribution in [3.63, 3.8) is 0 Å².